The summed E-state index contributed by atoms with van der Waals surface area (Å²) >= 11 is 0. The molecule has 0 aromatic heterocycles. The molecule has 7 heteroatoms. The van der Waals surface area contributed by atoms with Crippen molar-refractivity contribution in [2.24, 2.45) is 0 Å². The van der Waals surface area contributed by atoms with Crippen LogP contribution in [0.4, 0.5) is 0 Å². The summed E-state index contributed by atoms with van der Waals surface area (Å²) in [6.07, 6.45) is 3.55. The number of ether oxygens (including phenoxy) is 1. The predicted molar refractivity (Wildman–Crippen MR) is 88.2 cm³/mol. The van der Waals surface area contributed by atoms with Crippen molar-refractivity contribution < 1.29 is 17.9 Å². The van der Waals surface area contributed by atoms with Gasteiger partial charge in [0.25, 0.3) is 0 Å². The van der Waals surface area contributed by atoms with Gasteiger partial charge in [0.05, 0.1) is 11.9 Å². The SMILES string of the molecule is CNS(=O)(=O)Cc1cccc(CNC(=O)CC[C@@H]2CCCO2)c1. The molecular weight excluding hydrogens is 316 g/mol. The number of carbonyl (C=O) groups is 1. The molecule has 23 heavy (non-hydrogen) atoms. The first-order valence-electron chi connectivity index (χ1n) is 7.86. The molecule has 1 aliphatic rings. The summed E-state index contributed by atoms with van der Waals surface area (Å²) in [6, 6.07) is 7.23. The van der Waals surface area contributed by atoms with Gasteiger partial charge in [0, 0.05) is 19.6 Å². The second-order valence-electron chi connectivity index (χ2n) is 5.73. The Morgan fingerprint density at radius 1 is 1.35 bits per heavy atom. The van der Waals surface area contributed by atoms with Gasteiger partial charge in [-0.1, -0.05) is 24.3 Å². The molecular formula is C16H24N2O4S. The topological polar surface area (TPSA) is 84.5 Å². The maximum absolute atomic E-state index is 11.9. The molecule has 1 aromatic rings. The maximum atomic E-state index is 11.9. The molecule has 1 aromatic carbocycles. The largest absolute Gasteiger partial charge is 0.378 e. The smallest absolute Gasteiger partial charge is 0.220 e. The molecule has 0 radical (unpaired) electrons. The molecule has 0 unspecified atom stereocenters. The minimum atomic E-state index is -3.29. The third kappa shape index (κ3) is 6.29. The molecule has 128 valence electrons. The van der Waals surface area contributed by atoms with Gasteiger partial charge in [-0.3, -0.25) is 4.79 Å². The van der Waals surface area contributed by atoms with Crippen LogP contribution in [0.3, 0.4) is 0 Å². The first-order valence-corrected chi connectivity index (χ1v) is 9.51. The van der Waals surface area contributed by atoms with Crippen molar-refractivity contribution in [2.45, 2.75) is 44.1 Å². The predicted octanol–water partition coefficient (Wildman–Crippen LogP) is 1.31. The lowest BCUT2D eigenvalue weighted by Gasteiger charge is -2.10. The summed E-state index contributed by atoms with van der Waals surface area (Å²) in [5, 5.41) is 2.87. The van der Waals surface area contributed by atoms with Gasteiger partial charge < -0.3 is 10.1 Å². The third-order valence-corrected chi connectivity index (χ3v) is 5.20. The van der Waals surface area contributed by atoms with E-state index in [1.807, 2.05) is 6.07 Å². The second kappa shape index (κ2) is 8.42. The standard InChI is InChI=1S/C16H24N2O4S/c1-17-23(20,21)12-14-5-2-4-13(10-14)11-18-16(19)8-7-15-6-3-9-22-15/h2,4-5,10,15,17H,3,6-9,11-12H2,1H3,(H,18,19)/t15-/m0/s1. The fourth-order valence-electron chi connectivity index (χ4n) is 2.57. The van der Waals surface area contributed by atoms with Crippen LogP contribution in [0.1, 0.15) is 36.8 Å². The molecule has 1 atom stereocenters. The number of nitrogens with one attached hydrogen (secondary N) is 2. The van der Waals surface area contributed by atoms with E-state index in [0.717, 1.165) is 31.4 Å². The van der Waals surface area contributed by atoms with Crippen molar-refractivity contribution in [3.63, 3.8) is 0 Å². The van der Waals surface area contributed by atoms with Crippen LogP contribution in [0.25, 0.3) is 0 Å². The lowest BCUT2D eigenvalue weighted by Crippen LogP contribution is -2.24. The van der Waals surface area contributed by atoms with Crippen molar-refractivity contribution in [1.29, 1.82) is 0 Å². The van der Waals surface area contributed by atoms with E-state index in [0.29, 0.717) is 18.5 Å². The zero-order valence-electron chi connectivity index (χ0n) is 13.4. The van der Waals surface area contributed by atoms with Crippen LogP contribution in [0, 0.1) is 0 Å². The van der Waals surface area contributed by atoms with E-state index in [9.17, 15) is 13.2 Å². The Kier molecular flexibility index (Phi) is 6.56. The van der Waals surface area contributed by atoms with Gasteiger partial charge in [-0.05, 0) is 37.4 Å². The first-order chi connectivity index (χ1) is 11.0. The average Bonchev–Trinajstić information content (AvgIpc) is 3.04. The molecule has 0 bridgehead atoms. The third-order valence-electron chi connectivity index (χ3n) is 3.87. The van der Waals surface area contributed by atoms with Crippen LogP contribution >= 0.6 is 0 Å². The number of hydrogen-bond acceptors (Lipinski definition) is 4. The van der Waals surface area contributed by atoms with Crippen molar-refractivity contribution >= 4 is 15.9 Å². The van der Waals surface area contributed by atoms with Crippen LogP contribution in [-0.4, -0.2) is 34.1 Å². The highest BCUT2D eigenvalue weighted by Crippen LogP contribution is 2.16. The summed E-state index contributed by atoms with van der Waals surface area (Å²) in [5.41, 5.74) is 1.59. The Morgan fingerprint density at radius 2 is 2.13 bits per heavy atom. The molecule has 1 heterocycles. The van der Waals surface area contributed by atoms with Crippen LogP contribution in [0.5, 0.6) is 0 Å². The molecule has 1 aliphatic heterocycles. The van der Waals surface area contributed by atoms with Gasteiger partial charge in [0.15, 0.2) is 0 Å². The van der Waals surface area contributed by atoms with Crippen molar-refractivity contribution in [1.82, 2.24) is 10.0 Å². The number of sulfonamides is 1. The van der Waals surface area contributed by atoms with Crippen LogP contribution < -0.4 is 10.0 Å². The van der Waals surface area contributed by atoms with Gasteiger partial charge in [0.2, 0.25) is 15.9 Å². The molecule has 0 saturated carbocycles. The van der Waals surface area contributed by atoms with Gasteiger partial charge >= 0.3 is 0 Å². The van der Waals surface area contributed by atoms with E-state index in [2.05, 4.69) is 10.0 Å². The summed E-state index contributed by atoms with van der Waals surface area (Å²) < 4.78 is 30.9. The molecule has 2 N–H and O–H groups in total. The number of carbonyl (C=O) groups excluding carboxylic acids is 1. The average molecular weight is 340 g/mol. The van der Waals surface area contributed by atoms with E-state index >= 15 is 0 Å². The maximum Gasteiger partial charge on any atom is 0.220 e. The van der Waals surface area contributed by atoms with Crippen molar-refractivity contribution in [3.8, 4) is 0 Å². The van der Waals surface area contributed by atoms with E-state index in [-0.39, 0.29) is 17.8 Å². The van der Waals surface area contributed by atoms with Gasteiger partial charge in [-0.25, -0.2) is 13.1 Å². The summed E-state index contributed by atoms with van der Waals surface area (Å²) in [6.45, 7) is 1.20. The fourth-order valence-corrected chi connectivity index (χ4v) is 3.34. The second-order valence-corrected chi connectivity index (χ2v) is 7.66. The fraction of sp³-hybridized carbons (Fsp3) is 0.562. The lowest BCUT2D eigenvalue weighted by molar-refractivity contribution is -0.121. The zero-order valence-corrected chi connectivity index (χ0v) is 14.2. The highest BCUT2D eigenvalue weighted by atomic mass is 32.2. The van der Waals surface area contributed by atoms with Crippen molar-refractivity contribution in [2.75, 3.05) is 13.7 Å². The molecule has 0 aliphatic carbocycles. The molecule has 1 amide bonds. The molecule has 1 fully saturated rings. The lowest BCUT2D eigenvalue weighted by atomic mass is 10.1. The number of hydrogen-bond donors (Lipinski definition) is 2. The van der Waals surface area contributed by atoms with E-state index < -0.39 is 10.0 Å². The normalized spacial score (nSPS) is 18.0. The Morgan fingerprint density at radius 3 is 2.83 bits per heavy atom. The summed E-state index contributed by atoms with van der Waals surface area (Å²) in [4.78, 5) is 11.9. The number of benzene rings is 1. The highest BCUT2D eigenvalue weighted by Gasteiger charge is 2.16. The van der Waals surface area contributed by atoms with E-state index in [1.165, 1.54) is 7.05 Å². The minimum Gasteiger partial charge on any atom is -0.378 e. The molecule has 2 rings (SSSR count). The zero-order chi connectivity index (χ0) is 16.7. The van der Waals surface area contributed by atoms with Crippen LogP contribution in [0.2, 0.25) is 0 Å². The summed E-state index contributed by atoms with van der Waals surface area (Å²) in [7, 11) is -1.89. The molecule has 0 spiro atoms. The number of amides is 1. The van der Waals surface area contributed by atoms with Gasteiger partial charge in [-0.2, -0.15) is 0 Å². The van der Waals surface area contributed by atoms with Crippen molar-refractivity contribution in [3.05, 3.63) is 35.4 Å². The van der Waals surface area contributed by atoms with Crippen LogP contribution in [0.15, 0.2) is 24.3 Å². The first kappa shape index (κ1) is 17.9. The minimum absolute atomic E-state index is 0.00579. The van der Waals surface area contributed by atoms with E-state index in [1.54, 1.807) is 18.2 Å². The number of rotatable bonds is 8. The Bertz CT molecular complexity index is 625. The molecule has 6 nitrogen and oxygen atoms in total. The quantitative estimate of drug-likeness (QED) is 0.747. The Labute approximate surface area is 137 Å². The van der Waals surface area contributed by atoms with Crippen LogP contribution in [-0.2, 0) is 31.9 Å². The monoisotopic (exact) mass is 340 g/mol. The molecule has 1 saturated heterocycles. The van der Waals surface area contributed by atoms with Gasteiger partial charge in [0.1, 0.15) is 0 Å². The Balaban J connectivity index is 1.79. The highest BCUT2D eigenvalue weighted by molar-refractivity contribution is 7.88. The summed E-state index contributed by atoms with van der Waals surface area (Å²) in [5.74, 6) is -0.0710. The Hall–Kier alpha value is -1.44. The van der Waals surface area contributed by atoms with E-state index in [4.69, 9.17) is 4.74 Å². The van der Waals surface area contributed by atoms with Gasteiger partial charge in [-0.15, -0.1) is 0 Å².